The highest BCUT2D eigenvalue weighted by atomic mass is 31.2. The van der Waals surface area contributed by atoms with Gasteiger partial charge in [-0.05, 0) is 6.42 Å². The summed E-state index contributed by atoms with van der Waals surface area (Å²) in [6, 6.07) is 0.0259. The predicted molar refractivity (Wildman–Crippen MR) is 89.4 cm³/mol. The summed E-state index contributed by atoms with van der Waals surface area (Å²) in [4.78, 5) is 29.8. The molecule has 2 aromatic heterocycles. The number of anilines is 1. The number of imidazole rings is 1. The molecule has 13 nitrogen and oxygen atoms in total. The molecule has 0 unspecified atom stereocenters. The average Bonchev–Trinajstić information content (AvgIpc) is 3.13. The summed E-state index contributed by atoms with van der Waals surface area (Å²) in [6.07, 6.45) is -3.16. The van der Waals surface area contributed by atoms with Gasteiger partial charge < -0.3 is 35.2 Å². The maximum absolute atomic E-state index is 10.8. The molecule has 4 atom stereocenters. The summed E-state index contributed by atoms with van der Waals surface area (Å²) in [7, 11) is -4.75. The molecule has 1 saturated heterocycles. The van der Waals surface area contributed by atoms with E-state index in [0.29, 0.717) is 6.61 Å². The first-order valence-corrected chi connectivity index (χ1v) is 9.58. The summed E-state index contributed by atoms with van der Waals surface area (Å²) in [5, 5.41) is 20.4. The van der Waals surface area contributed by atoms with E-state index in [1.165, 1.54) is 10.9 Å². The van der Waals surface area contributed by atoms with Crippen LogP contribution in [0.4, 0.5) is 5.82 Å². The van der Waals surface area contributed by atoms with Gasteiger partial charge in [0.15, 0.2) is 23.2 Å². The van der Waals surface area contributed by atoms with Gasteiger partial charge in [0.2, 0.25) is 0 Å². The van der Waals surface area contributed by atoms with Crippen molar-refractivity contribution in [2.24, 2.45) is 0 Å². The Hall–Kier alpha value is -1.86. The second-order valence-corrected chi connectivity index (χ2v) is 7.14. The van der Waals surface area contributed by atoms with Crippen molar-refractivity contribution in [3.05, 3.63) is 6.33 Å². The lowest BCUT2D eigenvalue weighted by Gasteiger charge is -2.17. The number of nitrogens with two attached hydrogens (primary N) is 1. The number of aliphatic hydroxyl groups excluding tert-OH is 2. The number of nitrogens with zero attached hydrogens (tertiary/aromatic N) is 4. The quantitative estimate of drug-likeness (QED) is 0.350. The van der Waals surface area contributed by atoms with Crippen molar-refractivity contribution in [1.29, 1.82) is 0 Å². The van der Waals surface area contributed by atoms with E-state index >= 15 is 0 Å². The molecule has 0 spiro atoms. The Balaban J connectivity index is 1.88. The van der Waals surface area contributed by atoms with Crippen LogP contribution in [-0.2, 0) is 13.8 Å². The third-order valence-electron chi connectivity index (χ3n) is 3.88. The number of aliphatic hydroxyl groups is 2. The van der Waals surface area contributed by atoms with E-state index in [9.17, 15) is 14.8 Å². The highest BCUT2D eigenvalue weighted by Crippen LogP contribution is 2.39. The molecule has 14 heteroatoms. The Morgan fingerprint density at radius 2 is 2.07 bits per heavy atom. The largest absolute Gasteiger partial charge is 0.469 e. The number of hydrogen-bond donors (Lipinski definition) is 5. The third kappa shape index (κ3) is 4.19. The summed E-state index contributed by atoms with van der Waals surface area (Å²) in [5.74, 6) is 0.0688. The summed E-state index contributed by atoms with van der Waals surface area (Å²) in [6.45, 7) is 1.67. The Morgan fingerprint density at radius 1 is 1.33 bits per heavy atom. The number of ether oxygens (including phenoxy) is 2. The molecule has 0 aromatic carbocycles. The van der Waals surface area contributed by atoms with Crippen molar-refractivity contribution in [1.82, 2.24) is 19.5 Å². The van der Waals surface area contributed by atoms with Crippen molar-refractivity contribution in [3.8, 4) is 6.01 Å². The first-order chi connectivity index (χ1) is 12.7. The van der Waals surface area contributed by atoms with Gasteiger partial charge in [0.1, 0.15) is 18.3 Å². The maximum atomic E-state index is 10.8. The van der Waals surface area contributed by atoms with Gasteiger partial charge in [-0.25, -0.2) is 9.55 Å². The lowest BCUT2D eigenvalue weighted by Crippen LogP contribution is -2.33. The van der Waals surface area contributed by atoms with Crippen molar-refractivity contribution in [2.45, 2.75) is 37.9 Å². The van der Waals surface area contributed by atoms with Gasteiger partial charge in [-0.2, -0.15) is 9.97 Å². The number of nitrogen functional groups attached to an aromatic ring is 1. The van der Waals surface area contributed by atoms with Crippen molar-refractivity contribution < 1.29 is 38.6 Å². The second-order valence-electron chi connectivity index (χ2n) is 5.90. The standard InChI is InChI=1S/C13H20N5O8P/c1-2-3-24-13-16-10(14)7-11(17-13)18(5-15-7)12-9(20)8(19)6(26-12)4-25-27(21,22)23/h5-6,8-9,12,19-20H,2-4H2,1H3,(H2,14,16,17)(H2,21,22,23)/t6-,8-,9-,12-/m1/s1. The Bertz CT molecular complexity index is 857. The molecule has 1 aliphatic heterocycles. The van der Waals surface area contributed by atoms with Crippen LogP contribution < -0.4 is 10.5 Å². The van der Waals surface area contributed by atoms with Crippen LogP contribution in [0.1, 0.15) is 19.6 Å². The van der Waals surface area contributed by atoms with Gasteiger partial charge in [-0.1, -0.05) is 6.92 Å². The van der Waals surface area contributed by atoms with Crippen molar-refractivity contribution in [3.63, 3.8) is 0 Å². The first-order valence-electron chi connectivity index (χ1n) is 8.05. The molecule has 1 fully saturated rings. The summed E-state index contributed by atoms with van der Waals surface area (Å²) in [5.41, 5.74) is 6.32. The number of phosphoric ester groups is 1. The van der Waals surface area contributed by atoms with Gasteiger partial charge in [-0.15, -0.1) is 0 Å². The minimum atomic E-state index is -4.75. The molecular formula is C13H20N5O8P. The van der Waals surface area contributed by atoms with Crippen LogP contribution in [0.5, 0.6) is 6.01 Å². The minimum absolute atomic E-state index is 0.0259. The lowest BCUT2D eigenvalue weighted by atomic mass is 10.1. The van der Waals surface area contributed by atoms with E-state index < -0.39 is 39.0 Å². The smallest absolute Gasteiger partial charge is 0.463 e. The summed E-state index contributed by atoms with van der Waals surface area (Å²) >= 11 is 0. The lowest BCUT2D eigenvalue weighted by molar-refractivity contribution is -0.0504. The Morgan fingerprint density at radius 3 is 2.74 bits per heavy atom. The zero-order valence-electron chi connectivity index (χ0n) is 14.2. The molecule has 3 rings (SSSR count). The number of hydrogen-bond acceptors (Lipinski definition) is 10. The second kappa shape index (κ2) is 7.64. The van der Waals surface area contributed by atoms with Crippen LogP contribution in [0.3, 0.4) is 0 Å². The van der Waals surface area contributed by atoms with E-state index in [0.717, 1.165) is 6.42 Å². The monoisotopic (exact) mass is 405 g/mol. The molecule has 0 aliphatic carbocycles. The highest BCUT2D eigenvalue weighted by molar-refractivity contribution is 7.46. The number of phosphoric acid groups is 1. The molecule has 27 heavy (non-hydrogen) atoms. The minimum Gasteiger partial charge on any atom is -0.463 e. The van der Waals surface area contributed by atoms with Gasteiger partial charge in [0.25, 0.3) is 0 Å². The van der Waals surface area contributed by atoms with E-state index in [4.69, 9.17) is 25.0 Å². The van der Waals surface area contributed by atoms with Crippen LogP contribution >= 0.6 is 7.82 Å². The van der Waals surface area contributed by atoms with E-state index in [-0.39, 0.29) is 23.0 Å². The molecule has 0 saturated carbocycles. The van der Waals surface area contributed by atoms with Crippen LogP contribution in [0.25, 0.3) is 11.2 Å². The molecule has 150 valence electrons. The predicted octanol–water partition coefficient (Wildman–Crippen LogP) is -1.07. The topological polar surface area (TPSA) is 195 Å². The fourth-order valence-electron chi connectivity index (χ4n) is 2.63. The first kappa shape index (κ1) is 19.9. The van der Waals surface area contributed by atoms with E-state index in [1.54, 1.807) is 0 Å². The zero-order chi connectivity index (χ0) is 19.8. The third-order valence-corrected chi connectivity index (χ3v) is 4.37. The maximum Gasteiger partial charge on any atom is 0.469 e. The van der Waals surface area contributed by atoms with E-state index in [2.05, 4.69) is 19.5 Å². The number of fused-ring (bicyclic) bond motifs is 1. The van der Waals surface area contributed by atoms with Crippen LogP contribution in [-0.4, -0.2) is 71.0 Å². The molecule has 6 N–H and O–H groups in total. The highest BCUT2D eigenvalue weighted by Gasteiger charge is 2.45. The Labute approximate surface area is 153 Å². The Kier molecular flexibility index (Phi) is 5.63. The van der Waals surface area contributed by atoms with Crippen LogP contribution in [0.15, 0.2) is 6.33 Å². The molecular weight excluding hydrogens is 385 g/mol. The molecule has 3 heterocycles. The number of rotatable bonds is 7. The molecule has 2 aromatic rings. The van der Waals surface area contributed by atoms with Crippen molar-refractivity contribution >= 4 is 24.8 Å². The molecule has 1 aliphatic rings. The molecule has 0 amide bonds. The SMILES string of the molecule is CCCOc1nc(N)c2ncn([C@@H]3O[C@H](COP(=O)(O)O)[C@@H](O)[C@H]3O)c2n1. The van der Waals surface area contributed by atoms with Gasteiger partial charge in [-0.3, -0.25) is 9.09 Å². The summed E-state index contributed by atoms with van der Waals surface area (Å²) < 4.78 is 27.4. The molecule has 0 radical (unpaired) electrons. The number of aromatic nitrogens is 4. The average molecular weight is 405 g/mol. The van der Waals surface area contributed by atoms with Gasteiger partial charge in [0, 0.05) is 0 Å². The zero-order valence-corrected chi connectivity index (χ0v) is 15.1. The molecule has 0 bridgehead atoms. The van der Waals surface area contributed by atoms with Gasteiger partial charge in [0.05, 0.1) is 19.5 Å². The van der Waals surface area contributed by atoms with Crippen LogP contribution in [0, 0.1) is 0 Å². The van der Waals surface area contributed by atoms with Gasteiger partial charge >= 0.3 is 13.8 Å². The fraction of sp³-hybridized carbons (Fsp3) is 0.615. The van der Waals surface area contributed by atoms with Crippen LogP contribution in [0.2, 0.25) is 0 Å². The fourth-order valence-corrected chi connectivity index (χ4v) is 2.97. The normalized spacial score (nSPS) is 26.0. The van der Waals surface area contributed by atoms with Crippen molar-refractivity contribution in [2.75, 3.05) is 18.9 Å². The van der Waals surface area contributed by atoms with E-state index in [1.807, 2.05) is 6.92 Å².